The van der Waals surface area contributed by atoms with E-state index in [0.717, 1.165) is 5.56 Å². The standard InChI is InChI=1S/C12H16ClO2/c1-4-14-12(3,15-5-2)10-6-8-11(13)9-7-10/h6-9H,3-5H2,1-2H3. The zero-order valence-electron chi connectivity index (χ0n) is 9.13. The second-order valence-electron chi connectivity index (χ2n) is 3.13. The minimum atomic E-state index is -0.923. The van der Waals surface area contributed by atoms with Gasteiger partial charge in [-0.25, -0.2) is 0 Å². The van der Waals surface area contributed by atoms with Crippen molar-refractivity contribution in [3.05, 3.63) is 41.8 Å². The lowest BCUT2D eigenvalue weighted by Crippen LogP contribution is -2.30. The van der Waals surface area contributed by atoms with Crippen LogP contribution in [0.5, 0.6) is 0 Å². The van der Waals surface area contributed by atoms with E-state index in [1.165, 1.54) is 0 Å². The Balaban J connectivity index is 2.92. The van der Waals surface area contributed by atoms with E-state index in [1.54, 1.807) is 12.1 Å². The van der Waals surface area contributed by atoms with Crippen LogP contribution in [0.1, 0.15) is 19.4 Å². The molecule has 1 aromatic rings. The first-order valence-corrected chi connectivity index (χ1v) is 5.39. The van der Waals surface area contributed by atoms with Gasteiger partial charge in [0.1, 0.15) is 0 Å². The van der Waals surface area contributed by atoms with Gasteiger partial charge in [0.05, 0.1) is 0 Å². The summed E-state index contributed by atoms with van der Waals surface area (Å²) in [7, 11) is 0. The Labute approximate surface area is 96.2 Å². The molecule has 0 spiro atoms. The molecule has 1 aromatic carbocycles. The Bertz CT molecular complexity index is 289. The van der Waals surface area contributed by atoms with E-state index in [2.05, 4.69) is 6.92 Å². The minimum Gasteiger partial charge on any atom is -0.346 e. The summed E-state index contributed by atoms with van der Waals surface area (Å²) in [5, 5.41) is 0.689. The highest BCUT2D eigenvalue weighted by Gasteiger charge is 2.27. The monoisotopic (exact) mass is 227 g/mol. The maximum absolute atomic E-state index is 5.81. The van der Waals surface area contributed by atoms with Gasteiger partial charge in [-0.15, -0.1) is 0 Å². The van der Waals surface area contributed by atoms with E-state index in [9.17, 15) is 0 Å². The molecule has 0 aromatic heterocycles. The highest BCUT2D eigenvalue weighted by Crippen LogP contribution is 2.27. The third-order valence-corrected chi connectivity index (χ3v) is 2.29. The molecule has 3 heteroatoms. The second kappa shape index (κ2) is 5.50. The molecule has 0 atom stereocenters. The van der Waals surface area contributed by atoms with Gasteiger partial charge < -0.3 is 9.47 Å². The Morgan fingerprint density at radius 2 is 1.60 bits per heavy atom. The average Bonchev–Trinajstić information content (AvgIpc) is 2.19. The fourth-order valence-electron chi connectivity index (χ4n) is 1.38. The van der Waals surface area contributed by atoms with Gasteiger partial charge in [0.15, 0.2) is 5.79 Å². The van der Waals surface area contributed by atoms with E-state index in [-0.39, 0.29) is 0 Å². The molecule has 0 unspecified atom stereocenters. The third kappa shape index (κ3) is 3.20. The highest BCUT2D eigenvalue weighted by atomic mass is 35.5. The van der Waals surface area contributed by atoms with Crippen molar-refractivity contribution >= 4 is 11.6 Å². The lowest BCUT2D eigenvalue weighted by atomic mass is 10.1. The molecule has 1 rings (SSSR count). The fourth-order valence-corrected chi connectivity index (χ4v) is 1.50. The topological polar surface area (TPSA) is 18.5 Å². The van der Waals surface area contributed by atoms with E-state index in [4.69, 9.17) is 21.1 Å². The SMILES string of the molecule is [CH2]C(OCC)(OCC)c1ccc(Cl)cc1. The first-order valence-electron chi connectivity index (χ1n) is 5.01. The molecular weight excluding hydrogens is 212 g/mol. The maximum atomic E-state index is 5.81. The molecule has 1 radical (unpaired) electrons. The highest BCUT2D eigenvalue weighted by molar-refractivity contribution is 6.30. The van der Waals surface area contributed by atoms with Gasteiger partial charge in [-0.05, 0) is 26.0 Å². The van der Waals surface area contributed by atoms with Crippen LogP contribution in [-0.4, -0.2) is 13.2 Å². The van der Waals surface area contributed by atoms with Gasteiger partial charge in [0.2, 0.25) is 0 Å². The van der Waals surface area contributed by atoms with Crippen LogP contribution in [0.2, 0.25) is 5.02 Å². The summed E-state index contributed by atoms with van der Waals surface area (Å²) >= 11 is 5.81. The first-order chi connectivity index (χ1) is 7.12. The molecule has 15 heavy (non-hydrogen) atoms. The lowest BCUT2D eigenvalue weighted by Gasteiger charge is -2.29. The molecule has 0 bridgehead atoms. The van der Waals surface area contributed by atoms with Crippen molar-refractivity contribution in [3.8, 4) is 0 Å². The van der Waals surface area contributed by atoms with Crippen LogP contribution in [0.25, 0.3) is 0 Å². The summed E-state index contributed by atoms with van der Waals surface area (Å²) in [6.07, 6.45) is 0. The van der Waals surface area contributed by atoms with Crippen molar-refractivity contribution in [1.29, 1.82) is 0 Å². The normalized spacial score (nSPS) is 11.7. The van der Waals surface area contributed by atoms with Gasteiger partial charge in [0, 0.05) is 30.7 Å². The van der Waals surface area contributed by atoms with E-state index in [1.807, 2.05) is 26.0 Å². The Kier molecular flexibility index (Phi) is 4.58. The molecule has 0 saturated carbocycles. The molecule has 0 aliphatic carbocycles. The summed E-state index contributed by atoms with van der Waals surface area (Å²) < 4.78 is 11.0. The predicted molar refractivity (Wildman–Crippen MR) is 61.7 cm³/mol. The van der Waals surface area contributed by atoms with Crippen LogP contribution in [0.4, 0.5) is 0 Å². The fraction of sp³-hybridized carbons (Fsp3) is 0.417. The summed E-state index contributed by atoms with van der Waals surface area (Å²) in [6.45, 7) is 8.88. The number of hydrogen-bond donors (Lipinski definition) is 0. The van der Waals surface area contributed by atoms with E-state index < -0.39 is 5.79 Å². The van der Waals surface area contributed by atoms with Crippen LogP contribution in [0, 0.1) is 6.92 Å². The number of hydrogen-bond acceptors (Lipinski definition) is 2. The smallest absolute Gasteiger partial charge is 0.194 e. The Morgan fingerprint density at radius 3 is 2.00 bits per heavy atom. The molecular formula is C12H16ClO2. The van der Waals surface area contributed by atoms with Gasteiger partial charge >= 0.3 is 0 Å². The average molecular weight is 228 g/mol. The van der Waals surface area contributed by atoms with Crippen molar-refractivity contribution in [1.82, 2.24) is 0 Å². The summed E-state index contributed by atoms with van der Waals surface area (Å²) in [6, 6.07) is 7.32. The zero-order valence-corrected chi connectivity index (χ0v) is 9.88. The van der Waals surface area contributed by atoms with Crippen LogP contribution in [0.15, 0.2) is 24.3 Å². The lowest BCUT2D eigenvalue weighted by molar-refractivity contribution is -0.210. The summed E-state index contributed by atoms with van der Waals surface area (Å²) in [5.74, 6) is -0.923. The van der Waals surface area contributed by atoms with Gasteiger partial charge in [-0.1, -0.05) is 23.7 Å². The second-order valence-corrected chi connectivity index (χ2v) is 3.56. The van der Waals surface area contributed by atoms with E-state index >= 15 is 0 Å². The van der Waals surface area contributed by atoms with Crippen molar-refractivity contribution < 1.29 is 9.47 Å². The minimum absolute atomic E-state index is 0.548. The molecule has 0 aliphatic heterocycles. The number of ether oxygens (including phenoxy) is 2. The van der Waals surface area contributed by atoms with Crippen LogP contribution >= 0.6 is 11.6 Å². The first kappa shape index (κ1) is 12.5. The molecule has 0 heterocycles. The van der Waals surface area contributed by atoms with Crippen LogP contribution in [0.3, 0.4) is 0 Å². The van der Waals surface area contributed by atoms with Gasteiger partial charge in [-0.2, -0.15) is 0 Å². The molecule has 0 fully saturated rings. The third-order valence-electron chi connectivity index (χ3n) is 2.04. The van der Waals surface area contributed by atoms with Gasteiger partial charge in [-0.3, -0.25) is 0 Å². The van der Waals surface area contributed by atoms with Crippen LogP contribution < -0.4 is 0 Å². The van der Waals surface area contributed by atoms with Gasteiger partial charge in [0.25, 0.3) is 0 Å². The Hall–Kier alpha value is -0.570. The van der Waals surface area contributed by atoms with Crippen molar-refractivity contribution in [2.45, 2.75) is 19.6 Å². The van der Waals surface area contributed by atoms with Crippen LogP contribution in [-0.2, 0) is 15.3 Å². The van der Waals surface area contributed by atoms with Crippen molar-refractivity contribution in [3.63, 3.8) is 0 Å². The number of rotatable bonds is 5. The summed E-state index contributed by atoms with van der Waals surface area (Å²) in [4.78, 5) is 0. The molecule has 0 aliphatic rings. The zero-order chi connectivity index (χ0) is 11.3. The molecule has 0 saturated heterocycles. The number of halogens is 1. The maximum Gasteiger partial charge on any atom is 0.194 e. The Morgan fingerprint density at radius 1 is 1.13 bits per heavy atom. The van der Waals surface area contributed by atoms with E-state index in [0.29, 0.717) is 18.2 Å². The summed E-state index contributed by atoms with van der Waals surface area (Å²) in [5.41, 5.74) is 0.871. The molecule has 0 amide bonds. The van der Waals surface area contributed by atoms with Crippen molar-refractivity contribution in [2.75, 3.05) is 13.2 Å². The predicted octanol–water partition coefficient (Wildman–Crippen LogP) is 3.40. The molecule has 2 nitrogen and oxygen atoms in total. The molecule has 0 N–H and O–H groups in total. The number of benzene rings is 1. The van der Waals surface area contributed by atoms with Crippen molar-refractivity contribution in [2.24, 2.45) is 0 Å². The quantitative estimate of drug-likeness (QED) is 0.718. The largest absolute Gasteiger partial charge is 0.346 e. The molecule has 83 valence electrons.